The first-order valence-electron chi connectivity index (χ1n) is 11.5. The Kier molecular flexibility index (Phi) is 6.52. The maximum Gasteiger partial charge on any atom is 0.408 e. The van der Waals surface area contributed by atoms with E-state index in [1.54, 1.807) is 6.07 Å². The molecule has 4 aromatic rings. The Morgan fingerprint density at radius 1 is 1.18 bits per heavy atom. The van der Waals surface area contributed by atoms with Crippen LogP contribution in [0.15, 0.2) is 35.3 Å². The van der Waals surface area contributed by atoms with Crippen molar-refractivity contribution in [1.29, 1.82) is 0 Å². The molecular weight excluding hydrogens is 527 g/mol. The van der Waals surface area contributed by atoms with Crippen molar-refractivity contribution in [1.82, 2.24) is 34.3 Å². The lowest BCUT2D eigenvalue weighted by molar-refractivity contribution is -0.142. The Morgan fingerprint density at radius 3 is 2.62 bits per heavy atom. The molecule has 1 fully saturated rings. The number of alkyl halides is 3. The first kappa shape index (κ1) is 26.2. The summed E-state index contributed by atoms with van der Waals surface area (Å²) in [5, 5.41) is 7.98. The lowest BCUT2D eigenvalue weighted by Gasteiger charge is -2.12. The van der Waals surface area contributed by atoms with Gasteiger partial charge in [0.1, 0.15) is 12.2 Å². The van der Waals surface area contributed by atoms with Crippen LogP contribution in [0.2, 0.25) is 0 Å². The Hall–Kier alpha value is -4.43. The summed E-state index contributed by atoms with van der Waals surface area (Å²) in [4.78, 5) is 16.2. The molecule has 0 radical (unpaired) electrons. The molecule has 0 unspecified atom stereocenters. The summed E-state index contributed by atoms with van der Waals surface area (Å²) in [6, 6.07) is 1.69. The van der Waals surface area contributed by atoms with Crippen LogP contribution >= 0.6 is 0 Å². The van der Waals surface area contributed by atoms with E-state index in [-0.39, 0.29) is 40.2 Å². The van der Waals surface area contributed by atoms with Crippen molar-refractivity contribution in [3.05, 3.63) is 53.1 Å². The number of nitrogens with zero attached hydrogens (tertiary/aromatic N) is 8. The molecule has 4 heterocycles. The van der Waals surface area contributed by atoms with E-state index in [1.165, 1.54) is 27.3 Å². The lowest BCUT2D eigenvalue weighted by atomic mass is 10.1. The van der Waals surface area contributed by atoms with Crippen molar-refractivity contribution in [3.8, 4) is 23.1 Å². The molecule has 1 aliphatic rings. The number of hydrogen-bond donors (Lipinski definition) is 0. The van der Waals surface area contributed by atoms with Gasteiger partial charge in [0.2, 0.25) is 11.8 Å². The molecule has 204 valence electrons. The highest BCUT2D eigenvalue weighted by Crippen LogP contribution is 2.55. The van der Waals surface area contributed by atoms with E-state index in [0.29, 0.717) is 22.2 Å². The van der Waals surface area contributed by atoms with Crippen LogP contribution in [0.4, 0.5) is 22.0 Å². The number of methoxy groups -OCH3 is 2. The van der Waals surface area contributed by atoms with Gasteiger partial charge in [-0.05, 0) is 37.6 Å². The van der Waals surface area contributed by atoms with E-state index >= 15 is 4.39 Å². The highest BCUT2D eigenvalue weighted by atomic mass is 19.4. The van der Waals surface area contributed by atoms with Crippen LogP contribution < -0.4 is 9.47 Å². The van der Waals surface area contributed by atoms with Gasteiger partial charge in [-0.2, -0.15) is 37.3 Å². The van der Waals surface area contributed by atoms with Crippen LogP contribution in [0.3, 0.4) is 0 Å². The summed E-state index contributed by atoms with van der Waals surface area (Å²) >= 11 is 0. The largest absolute Gasteiger partial charge is 0.480 e. The van der Waals surface area contributed by atoms with E-state index in [4.69, 9.17) is 9.47 Å². The molecule has 1 saturated carbocycles. The first-order chi connectivity index (χ1) is 18.6. The maximum atomic E-state index is 15.7. The number of ether oxygens (including phenoxy) is 2. The van der Waals surface area contributed by atoms with Gasteiger partial charge in [0, 0.05) is 17.7 Å². The van der Waals surface area contributed by atoms with Gasteiger partial charge < -0.3 is 9.47 Å². The highest BCUT2D eigenvalue weighted by molar-refractivity contribution is 5.69. The molecule has 10 nitrogen and oxygen atoms in total. The third-order valence-corrected chi connectivity index (χ3v) is 6.33. The van der Waals surface area contributed by atoms with Crippen molar-refractivity contribution >= 4 is 18.2 Å². The molecule has 15 heteroatoms. The fourth-order valence-electron chi connectivity index (χ4n) is 4.52. The molecule has 0 bridgehead atoms. The van der Waals surface area contributed by atoms with Gasteiger partial charge in [-0.25, -0.2) is 14.4 Å². The Bertz CT molecular complexity index is 1610. The minimum absolute atomic E-state index is 0.0512. The number of hydrogen-bond acceptors (Lipinski definition) is 8. The van der Waals surface area contributed by atoms with Gasteiger partial charge >= 0.3 is 12.2 Å². The number of imidazole rings is 1. The molecule has 4 aromatic heterocycles. The van der Waals surface area contributed by atoms with E-state index in [9.17, 15) is 17.6 Å². The highest BCUT2D eigenvalue weighted by Gasteiger charge is 2.45. The number of fused-ring (bicyclic) bond motifs is 1. The zero-order valence-corrected chi connectivity index (χ0v) is 20.9. The van der Waals surface area contributed by atoms with Gasteiger partial charge in [0.15, 0.2) is 11.5 Å². The summed E-state index contributed by atoms with van der Waals surface area (Å²) in [7, 11) is 2.78. The number of rotatable bonds is 8. The molecule has 5 rings (SSSR count). The van der Waals surface area contributed by atoms with Crippen molar-refractivity contribution in [2.75, 3.05) is 14.2 Å². The summed E-state index contributed by atoms with van der Waals surface area (Å²) in [6.45, 7) is 3.44. The zero-order chi connectivity index (χ0) is 28.1. The van der Waals surface area contributed by atoms with Crippen molar-refractivity contribution < 1.29 is 31.4 Å². The van der Waals surface area contributed by atoms with Crippen LogP contribution in [0.5, 0.6) is 11.9 Å². The number of halogens is 5. The van der Waals surface area contributed by atoms with Crippen LogP contribution in [0, 0.1) is 18.8 Å². The van der Waals surface area contributed by atoms with E-state index in [2.05, 4.69) is 36.9 Å². The first-order valence-corrected chi connectivity index (χ1v) is 11.5. The number of aryl methyl sites for hydroxylation is 1. The van der Waals surface area contributed by atoms with Gasteiger partial charge in [0.05, 0.1) is 43.6 Å². The quantitative estimate of drug-likeness (QED) is 0.235. The van der Waals surface area contributed by atoms with Crippen molar-refractivity contribution in [2.24, 2.45) is 10.9 Å². The van der Waals surface area contributed by atoms with Gasteiger partial charge in [-0.3, -0.25) is 9.67 Å². The average molecular weight is 548 g/mol. The van der Waals surface area contributed by atoms with Gasteiger partial charge in [-0.15, -0.1) is 0 Å². The van der Waals surface area contributed by atoms with Crippen LogP contribution in [-0.4, -0.2) is 61.5 Å². The molecule has 0 saturated heterocycles. The normalized spacial score (nSPS) is 17.7. The van der Waals surface area contributed by atoms with Gasteiger partial charge in [0.25, 0.3) is 0 Å². The number of aromatic nitrogens is 7. The zero-order valence-electron chi connectivity index (χ0n) is 20.9. The lowest BCUT2D eigenvalue weighted by Crippen LogP contribution is -2.20. The monoisotopic (exact) mass is 548 g/mol. The number of aliphatic imine (C=N–C) groups is 1. The molecule has 39 heavy (non-hydrogen) atoms. The van der Waals surface area contributed by atoms with Crippen molar-refractivity contribution in [3.63, 3.8) is 0 Å². The average Bonchev–Trinajstić information content (AvgIpc) is 3.47. The molecule has 1 aliphatic carbocycles. The standard InChI is InChI=1S/C24H21F5N8O2/c1-11-7-33-36(10-24(27,28)29)20(11)18(26)19(30-2)13-5-12(13)14-6-16(35-37-17(25)9-31-21(14)37)15-8-32-23(39-4)34-22(15)38-3/h6-9,12-13H,2,5,10H2,1,3-4H3/b19-18+/t12-,13-/m0/s1. The summed E-state index contributed by atoms with van der Waals surface area (Å²) in [6.07, 6.45) is -0.687. The second-order valence-electron chi connectivity index (χ2n) is 8.84. The maximum absolute atomic E-state index is 15.7. The SMILES string of the molecule is C=N/C(=C(/F)c1c(C)cnn1CC(F)(F)F)[C@H]1C[C@@H]1c1cc(-c2cnc(OC)nc2OC)nn2c(F)cnc12. The minimum Gasteiger partial charge on any atom is -0.480 e. The van der Waals surface area contributed by atoms with Crippen LogP contribution in [0.25, 0.3) is 22.7 Å². The molecule has 0 amide bonds. The summed E-state index contributed by atoms with van der Waals surface area (Å²) in [5.74, 6) is -2.55. The predicted octanol–water partition coefficient (Wildman–Crippen LogP) is 4.55. The molecule has 0 aromatic carbocycles. The fourth-order valence-corrected chi connectivity index (χ4v) is 4.52. The van der Waals surface area contributed by atoms with Crippen molar-refractivity contribution in [2.45, 2.75) is 32.0 Å². The topological polar surface area (TPSA) is 105 Å². The Balaban J connectivity index is 1.58. The molecule has 2 atom stereocenters. The molecule has 0 aliphatic heterocycles. The molecular formula is C24H21F5N8O2. The second kappa shape index (κ2) is 9.71. The Labute approximate surface area is 217 Å². The molecule has 0 spiro atoms. The van der Waals surface area contributed by atoms with Gasteiger partial charge in [-0.1, -0.05) is 0 Å². The van der Waals surface area contributed by atoms with Crippen LogP contribution in [-0.2, 0) is 6.54 Å². The summed E-state index contributed by atoms with van der Waals surface area (Å²) < 4.78 is 81.4. The van der Waals surface area contributed by atoms with E-state index in [0.717, 1.165) is 16.9 Å². The van der Waals surface area contributed by atoms with Crippen LogP contribution in [0.1, 0.15) is 29.2 Å². The molecule has 0 N–H and O–H groups in total. The van der Waals surface area contributed by atoms with E-state index < -0.39 is 36.3 Å². The third-order valence-electron chi connectivity index (χ3n) is 6.33. The Morgan fingerprint density at radius 2 is 1.95 bits per heavy atom. The second-order valence-corrected chi connectivity index (χ2v) is 8.84. The number of allylic oxidation sites excluding steroid dienone is 1. The summed E-state index contributed by atoms with van der Waals surface area (Å²) in [5.41, 5.74) is 1.05. The van der Waals surface area contributed by atoms with E-state index in [1.807, 2.05) is 0 Å². The minimum atomic E-state index is -4.60. The predicted molar refractivity (Wildman–Crippen MR) is 129 cm³/mol. The smallest absolute Gasteiger partial charge is 0.408 e. The third kappa shape index (κ3) is 4.79. The fraction of sp³-hybridized carbons (Fsp3) is 0.333.